The minimum Gasteiger partial charge on any atom is -0.387 e. The van der Waals surface area contributed by atoms with Crippen molar-refractivity contribution in [1.29, 1.82) is 5.41 Å². The average molecular weight is 231 g/mol. The lowest BCUT2D eigenvalue weighted by Gasteiger charge is -2.32. The summed E-state index contributed by atoms with van der Waals surface area (Å²) < 4.78 is 0. The van der Waals surface area contributed by atoms with Gasteiger partial charge in [-0.25, -0.2) is 0 Å². The van der Waals surface area contributed by atoms with Crippen LogP contribution in [0, 0.1) is 18.3 Å². The van der Waals surface area contributed by atoms with Gasteiger partial charge in [-0.1, -0.05) is 24.3 Å². The first-order valence-corrected chi connectivity index (χ1v) is 6.27. The van der Waals surface area contributed by atoms with Crippen LogP contribution in [-0.2, 0) is 6.54 Å². The highest BCUT2D eigenvalue weighted by molar-refractivity contribution is 5.79. The van der Waals surface area contributed by atoms with E-state index in [1.165, 1.54) is 11.1 Å². The first-order valence-electron chi connectivity index (χ1n) is 6.27. The smallest absolute Gasteiger partial charge is 0.0949 e. The average Bonchev–Trinajstić information content (AvgIpc) is 2.32. The largest absolute Gasteiger partial charge is 0.387 e. The Hall–Kier alpha value is -1.35. The number of hydrogen-bond donors (Lipinski definition) is 2. The summed E-state index contributed by atoms with van der Waals surface area (Å²) in [6.45, 7) is 5.19. The van der Waals surface area contributed by atoms with Crippen LogP contribution in [0.25, 0.3) is 0 Å². The third-order valence-corrected chi connectivity index (χ3v) is 3.60. The molecular weight excluding hydrogens is 210 g/mol. The van der Waals surface area contributed by atoms with E-state index in [2.05, 4.69) is 36.1 Å². The Morgan fingerprint density at radius 3 is 2.94 bits per heavy atom. The van der Waals surface area contributed by atoms with E-state index in [1.54, 1.807) is 0 Å². The van der Waals surface area contributed by atoms with E-state index in [-0.39, 0.29) is 5.92 Å². The van der Waals surface area contributed by atoms with Gasteiger partial charge in [-0.3, -0.25) is 10.3 Å². The first kappa shape index (κ1) is 12.1. The van der Waals surface area contributed by atoms with Crippen molar-refractivity contribution >= 4 is 5.84 Å². The minimum atomic E-state index is 0.257. The molecule has 3 N–H and O–H groups in total. The molecule has 1 heterocycles. The lowest BCUT2D eigenvalue weighted by Crippen LogP contribution is -2.40. The molecule has 0 aliphatic carbocycles. The lowest BCUT2D eigenvalue weighted by atomic mass is 9.96. The molecule has 1 aromatic carbocycles. The van der Waals surface area contributed by atoms with Crippen LogP contribution >= 0.6 is 0 Å². The topological polar surface area (TPSA) is 53.1 Å². The number of likely N-dealkylation sites (tertiary alicyclic amines) is 1. The number of piperidine rings is 1. The minimum absolute atomic E-state index is 0.257. The Morgan fingerprint density at radius 1 is 1.47 bits per heavy atom. The van der Waals surface area contributed by atoms with Crippen LogP contribution in [0.5, 0.6) is 0 Å². The highest BCUT2D eigenvalue weighted by Gasteiger charge is 2.22. The van der Waals surface area contributed by atoms with Crippen LogP contribution in [-0.4, -0.2) is 23.8 Å². The van der Waals surface area contributed by atoms with E-state index < -0.39 is 0 Å². The van der Waals surface area contributed by atoms with Gasteiger partial charge in [-0.2, -0.15) is 0 Å². The van der Waals surface area contributed by atoms with Crippen LogP contribution in [0.3, 0.4) is 0 Å². The van der Waals surface area contributed by atoms with E-state index in [0.29, 0.717) is 5.84 Å². The summed E-state index contributed by atoms with van der Waals surface area (Å²) in [6, 6.07) is 8.51. The molecule has 1 aliphatic heterocycles. The highest BCUT2D eigenvalue weighted by atomic mass is 15.1. The number of aryl methyl sites for hydroxylation is 1. The van der Waals surface area contributed by atoms with E-state index in [0.717, 1.165) is 32.5 Å². The molecule has 92 valence electrons. The molecule has 1 unspecified atom stereocenters. The van der Waals surface area contributed by atoms with Crippen molar-refractivity contribution in [1.82, 2.24) is 4.90 Å². The molecule has 1 fully saturated rings. The van der Waals surface area contributed by atoms with Gasteiger partial charge in [0, 0.05) is 19.0 Å². The number of nitrogens with two attached hydrogens (primary N) is 1. The summed E-state index contributed by atoms with van der Waals surface area (Å²) in [4.78, 5) is 2.41. The predicted octanol–water partition coefficient (Wildman–Crippen LogP) is 2.14. The maximum Gasteiger partial charge on any atom is 0.0949 e. The van der Waals surface area contributed by atoms with Gasteiger partial charge >= 0.3 is 0 Å². The molecule has 1 atom stereocenters. The fraction of sp³-hybridized carbons (Fsp3) is 0.500. The van der Waals surface area contributed by atoms with Crippen molar-refractivity contribution in [2.24, 2.45) is 11.7 Å². The third kappa shape index (κ3) is 3.07. The molecular formula is C14H21N3. The molecule has 17 heavy (non-hydrogen) atoms. The fourth-order valence-corrected chi connectivity index (χ4v) is 2.48. The molecule has 0 bridgehead atoms. The maximum atomic E-state index is 7.55. The molecule has 3 heteroatoms. The Bertz CT molecular complexity index is 400. The van der Waals surface area contributed by atoms with Gasteiger partial charge in [0.25, 0.3) is 0 Å². The fourth-order valence-electron chi connectivity index (χ4n) is 2.48. The summed E-state index contributed by atoms with van der Waals surface area (Å²) in [5.41, 5.74) is 8.34. The second-order valence-corrected chi connectivity index (χ2v) is 4.96. The van der Waals surface area contributed by atoms with Gasteiger partial charge < -0.3 is 5.73 Å². The van der Waals surface area contributed by atoms with Gasteiger partial charge in [-0.15, -0.1) is 0 Å². The second-order valence-electron chi connectivity index (χ2n) is 4.96. The quantitative estimate of drug-likeness (QED) is 0.618. The van der Waals surface area contributed by atoms with Crippen molar-refractivity contribution in [2.75, 3.05) is 13.1 Å². The number of amidine groups is 1. The van der Waals surface area contributed by atoms with Crippen LogP contribution in [0.4, 0.5) is 0 Å². The van der Waals surface area contributed by atoms with Crippen molar-refractivity contribution < 1.29 is 0 Å². The van der Waals surface area contributed by atoms with E-state index in [1.807, 2.05) is 0 Å². The van der Waals surface area contributed by atoms with E-state index >= 15 is 0 Å². The van der Waals surface area contributed by atoms with Crippen LogP contribution in [0.15, 0.2) is 24.3 Å². The molecule has 1 aromatic rings. The summed E-state index contributed by atoms with van der Waals surface area (Å²) in [7, 11) is 0. The molecule has 0 aromatic heterocycles. The van der Waals surface area contributed by atoms with Crippen molar-refractivity contribution in [3.8, 4) is 0 Å². The molecule has 2 rings (SSSR count). The van der Waals surface area contributed by atoms with E-state index in [4.69, 9.17) is 11.1 Å². The second kappa shape index (κ2) is 5.32. The molecule has 0 radical (unpaired) electrons. The summed E-state index contributed by atoms with van der Waals surface area (Å²) in [6.07, 6.45) is 2.22. The van der Waals surface area contributed by atoms with Crippen LogP contribution in [0.1, 0.15) is 24.0 Å². The first-order chi connectivity index (χ1) is 8.16. The predicted molar refractivity (Wildman–Crippen MR) is 71.1 cm³/mol. The lowest BCUT2D eigenvalue weighted by molar-refractivity contribution is 0.195. The third-order valence-electron chi connectivity index (χ3n) is 3.60. The number of hydrogen-bond acceptors (Lipinski definition) is 2. The maximum absolute atomic E-state index is 7.55. The molecule has 1 aliphatic rings. The van der Waals surface area contributed by atoms with Gasteiger partial charge in [0.05, 0.1) is 5.84 Å². The number of nitrogens with zero attached hydrogens (tertiary/aromatic N) is 1. The molecule has 0 spiro atoms. The molecule has 3 nitrogen and oxygen atoms in total. The normalized spacial score (nSPS) is 21.4. The van der Waals surface area contributed by atoms with Crippen molar-refractivity contribution in [3.05, 3.63) is 35.4 Å². The number of nitrogens with one attached hydrogen (secondary N) is 1. The highest BCUT2D eigenvalue weighted by Crippen LogP contribution is 2.19. The molecule has 0 saturated carbocycles. The van der Waals surface area contributed by atoms with Crippen molar-refractivity contribution in [2.45, 2.75) is 26.3 Å². The zero-order chi connectivity index (χ0) is 12.3. The van der Waals surface area contributed by atoms with Crippen LogP contribution in [0.2, 0.25) is 0 Å². The molecule has 1 saturated heterocycles. The number of benzene rings is 1. The van der Waals surface area contributed by atoms with Crippen molar-refractivity contribution in [3.63, 3.8) is 0 Å². The SMILES string of the molecule is Cc1ccccc1CN1CCCC(C(=N)N)C1. The van der Waals surface area contributed by atoms with Crippen LogP contribution < -0.4 is 5.73 Å². The van der Waals surface area contributed by atoms with Gasteiger partial charge in [0.2, 0.25) is 0 Å². The Labute approximate surface area is 103 Å². The Kier molecular flexibility index (Phi) is 3.79. The Morgan fingerprint density at radius 2 is 2.24 bits per heavy atom. The standard InChI is InChI=1S/C14H21N3/c1-11-5-2-3-6-12(11)9-17-8-4-7-13(10-17)14(15)16/h2-3,5-6,13H,4,7-10H2,1H3,(H3,15,16). The Balaban J connectivity index is 1.99. The van der Waals surface area contributed by atoms with Gasteiger partial charge in [0.1, 0.15) is 0 Å². The summed E-state index contributed by atoms with van der Waals surface area (Å²) >= 11 is 0. The van der Waals surface area contributed by atoms with Gasteiger partial charge in [-0.05, 0) is 37.4 Å². The monoisotopic (exact) mass is 231 g/mol. The summed E-state index contributed by atoms with van der Waals surface area (Å²) in [5, 5.41) is 7.55. The zero-order valence-electron chi connectivity index (χ0n) is 10.4. The van der Waals surface area contributed by atoms with E-state index in [9.17, 15) is 0 Å². The zero-order valence-corrected chi connectivity index (χ0v) is 10.4. The van der Waals surface area contributed by atoms with Gasteiger partial charge in [0.15, 0.2) is 0 Å². The number of rotatable bonds is 3. The summed E-state index contributed by atoms with van der Waals surface area (Å²) in [5.74, 6) is 0.604. The molecule has 0 amide bonds.